The lowest BCUT2D eigenvalue weighted by Gasteiger charge is -2.07. The monoisotopic (exact) mass is 282 g/mol. The first-order valence-corrected chi connectivity index (χ1v) is 6.57. The molecule has 0 aliphatic heterocycles. The van der Waals surface area contributed by atoms with Gasteiger partial charge in [-0.2, -0.15) is 0 Å². The normalized spacial score (nSPS) is 11.0. The highest BCUT2D eigenvalue weighted by molar-refractivity contribution is 5.59. The average Bonchev–Trinajstić information content (AvgIpc) is 2.79. The van der Waals surface area contributed by atoms with Crippen LogP contribution in [0.2, 0.25) is 0 Å². The molecule has 0 aliphatic carbocycles. The van der Waals surface area contributed by atoms with Gasteiger partial charge in [-0.15, -0.1) is 0 Å². The second kappa shape index (κ2) is 5.01. The highest BCUT2D eigenvalue weighted by atomic mass is 19.1. The van der Waals surface area contributed by atoms with E-state index in [4.69, 9.17) is 5.73 Å². The molecule has 106 valence electrons. The fourth-order valence-corrected chi connectivity index (χ4v) is 2.30. The van der Waals surface area contributed by atoms with Crippen LogP contribution in [0, 0.1) is 12.7 Å². The van der Waals surface area contributed by atoms with Crippen molar-refractivity contribution in [2.45, 2.75) is 13.3 Å². The predicted molar refractivity (Wildman–Crippen MR) is 80.2 cm³/mol. The molecule has 0 unspecified atom stereocenters. The van der Waals surface area contributed by atoms with E-state index in [1.165, 1.54) is 12.1 Å². The zero-order valence-electron chi connectivity index (χ0n) is 11.7. The maximum atomic E-state index is 13.3. The Morgan fingerprint density at radius 3 is 2.86 bits per heavy atom. The van der Waals surface area contributed by atoms with Gasteiger partial charge in [-0.05, 0) is 24.6 Å². The predicted octanol–water partition coefficient (Wildman–Crippen LogP) is 2.70. The number of rotatable bonds is 3. The minimum Gasteiger partial charge on any atom is -0.397 e. The number of fused-ring (bicyclic) bond motifs is 1. The van der Waals surface area contributed by atoms with Crippen LogP contribution in [0.3, 0.4) is 0 Å². The summed E-state index contributed by atoms with van der Waals surface area (Å²) in [5.74, 6) is -0.262. The van der Waals surface area contributed by atoms with E-state index >= 15 is 0 Å². The van der Waals surface area contributed by atoms with E-state index in [2.05, 4.69) is 16.5 Å². The summed E-state index contributed by atoms with van der Waals surface area (Å²) in [6.45, 7) is 5.64. The zero-order valence-corrected chi connectivity index (χ0v) is 11.7. The van der Waals surface area contributed by atoms with Crippen LogP contribution in [0.1, 0.15) is 22.6 Å². The summed E-state index contributed by atoms with van der Waals surface area (Å²) in [6.07, 6.45) is 4.18. The zero-order chi connectivity index (χ0) is 15.0. The van der Waals surface area contributed by atoms with Crippen molar-refractivity contribution in [2.75, 3.05) is 0 Å². The van der Waals surface area contributed by atoms with E-state index in [1.807, 2.05) is 23.6 Å². The van der Waals surface area contributed by atoms with Gasteiger partial charge in [0.05, 0.1) is 17.1 Å². The largest absolute Gasteiger partial charge is 0.397 e. The summed E-state index contributed by atoms with van der Waals surface area (Å²) in [4.78, 5) is 8.98. The number of halogens is 1. The molecule has 0 saturated heterocycles. The maximum absolute atomic E-state index is 13.3. The van der Waals surface area contributed by atoms with E-state index < -0.39 is 0 Å². The molecule has 0 radical (unpaired) electrons. The highest BCUT2D eigenvalue weighted by Crippen LogP contribution is 2.17. The van der Waals surface area contributed by atoms with E-state index in [0.29, 0.717) is 17.8 Å². The van der Waals surface area contributed by atoms with Crippen LogP contribution in [0.4, 0.5) is 4.39 Å². The van der Waals surface area contributed by atoms with Gasteiger partial charge in [0.15, 0.2) is 5.65 Å². The molecule has 3 rings (SSSR count). The molecule has 2 heterocycles. The quantitative estimate of drug-likeness (QED) is 0.803. The van der Waals surface area contributed by atoms with Gasteiger partial charge >= 0.3 is 0 Å². The van der Waals surface area contributed by atoms with Gasteiger partial charge in [-0.1, -0.05) is 18.7 Å². The molecule has 0 aliphatic rings. The third-order valence-electron chi connectivity index (χ3n) is 3.22. The number of nitrogens with zero attached hydrogens (tertiary/aromatic N) is 3. The Bertz CT molecular complexity index is 835. The van der Waals surface area contributed by atoms with Crippen molar-refractivity contribution in [3.8, 4) is 0 Å². The van der Waals surface area contributed by atoms with E-state index in [1.54, 1.807) is 12.3 Å². The molecule has 0 bridgehead atoms. The smallest absolute Gasteiger partial charge is 0.159 e. The van der Waals surface area contributed by atoms with Crippen molar-refractivity contribution in [1.29, 1.82) is 0 Å². The van der Waals surface area contributed by atoms with Gasteiger partial charge in [-0.3, -0.25) is 0 Å². The van der Waals surface area contributed by atoms with Gasteiger partial charge in [0, 0.05) is 18.8 Å². The molecule has 3 aromatic rings. The summed E-state index contributed by atoms with van der Waals surface area (Å²) in [6, 6.07) is 6.47. The first kappa shape index (κ1) is 13.3. The fraction of sp³-hybridized carbons (Fsp3) is 0.125. The minimum atomic E-state index is -0.262. The molecule has 0 atom stereocenters. The van der Waals surface area contributed by atoms with Crippen molar-refractivity contribution in [3.63, 3.8) is 0 Å². The maximum Gasteiger partial charge on any atom is 0.159 e. The van der Waals surface area contributed by atoms with Crippen molar-refractivity contribution < 1.29 is 4.39 Å². The van der Waals surface area contributed by atoms with Gasteiger partial charge in [0.25, 0.3) is 0 Å². The molecule has 21 heavy (non-hydrogen) atoms. The Balaban J connectivity index is 2.13. The van der Waals surface area contributed by atoms with Gasteiger partial charge in [0.2, 0.25) is 0 Å². The van der Waals surface area contributed by atoms with E-state index in [0.717, 1.165) is 22.6 Å². The number of aryl methyl sites for hydroxylation is 1. The van der Waals surface area contributed by atoms with E-state index in [9.17, 15) is 4.39 Å². The molecular weight excluding hydrogens is 267 g/mol. The third-order valence-corrected chi connectivity index (χ3v) is 3.22. The molecule has 0 fully saturated rings. The Kier molecular flexibility index (Phi) is 3.17. The molecule has 0 amide bonds. The average molecular weight is 282 g/mol. The highest BCUT2D eigenvalue weighted by Gasteiger charge is 2.11. The molecule has 2 N–H and O–H groups in total. The van der Waals surface area contributed by atoms with Gasteiger partial charge in [-0.25, -0.2) is 14.4 Å². The van der Waals surface area contributed by atoms with Crippen molar-refractivity contribution in [1.82, 2.24) is 14.4 Å². The third kappa shape index (κ3) is 2.63. The second-order valence-electron chi connectivity index (χ2n) is 5.02. The van der Waals surface area contributed by atoms with Crippen molar-refractivity contribution in [3.05, 3.63) is 71.7 Å². The van der Waals surface area contributed by atoms with Crippen LogP contribution in [0.15, 0.2) is 43.2 Å². The molecule has 0 saturated carbocycles. The number of benzene rings is 1. The first-order chi connectivity index (χ1) is 10.0. The standard InChI is InChI=1S/C16H15FN4/c1-10-8-21-9-15(11(2)18)20-14(16(21)19-10)7-12-4-3-5-13(17)6-12/h3-6,8-9H,2,7,18H2,1H3. The van der Waals surface area contributed by atoms with E-state index in [-0.39, 0.29) is 5.82 Å². The second-order valence-corrected chi connectivity index (χ2v) is 5.02. The first-order valence-electron chi connectivity index (χ1n) is 6.57. The molecular formula is C16H15FN4. The fourth-order valence-electron chi connectivity index (χ4n) is 2.30. The Morgan fingerprint density at radius 2 is 2.14 bits per heavy atom. The Morgan fingerprint density at radius 1 is 1.33 bits per heavy atom. The number of hydrogen-bond acceptors (Lipinski definition) is 3. The minimum absolute atomic E-state index is 0.262. The van der Waals surface area contributed by atoms with Crippen LogP contribution in [-0.4, -0.2) is 14.4 Å². The van der Waals surface area contributed by atoms with Crippen molar-refractivity contribution in [2.24, 2.45) is 5.73 Å². The Hall–Kier alpha value is -2.69. The van der Waals surface area contributed by atoms with Crippen LogP contribution in [0.25, 0.3) is 11.3 Å². The lowest BCUT2D eigenvalue weighted by atomic mass is 10.1. The number of hydrogen-bond donors (Lipinski definition) is 1. The van der Waals surface area contributed by atoms with Gasteiger partial charge < -0.3 is 10.1 Å². The van der Waals surface area contributed by atoms with Crippen LogP contribution in [-0.2, 0) is 6.42 Å². The number of imidazole rings is 1. The lowest BCUT2D eigenvalue weighted by molar-refractivity contribution is 0.626. The topological polar surface area (TPSA) is 56.2 Å². The lowest BCUT2D eigenvalue weighted by Crippen LogP contribution is -2.05. The summed E-state index contributed by atoms with van der Waals surface area (Å²) in [5, 5.41) is 0. The molecule has 1 aromatic carbocycles. The SMILES string of the molecule is C=C(N)c1cn2cc(C)nc2c(Cc2cccc(F)c2)n1. The number of nitrogens with two attached hydrogens (primary N) is 1. The van der Waals surface area contributed by atoms with Crippen molar-refractivity contribution >= 4 is 11.3 Å². The van der Waals surface area contributed by atoms with Crippen LogP contribution in [0.5, 0.6) is 0 Å². The molecule has 2 aromatic heterocycles. The van der Waals surface area contributed by atoms with Crippen LogP contribution < -0.4 is 5.73 Å². The molecule has 0 spiro atoms. The summed E-state index contributed by atoms with van der Waals surface area (Å²) < 4.78 is 15.2. The van der Waals surface area contributed by atoms with Gasteiger partial charge in [0.1, 0.15) is 11.5 Å². The molecule has 5 heteroatoms. The summed E-state index contributed by atoms with van der Waals surface area (Å²) in [5.41, 5.74) is 9.97. The summed E-state index contributed by atoms with van der Waals surface area (Å²) >= 11 is 0. The van der Waals surface area contributed by atoms with Crippen LogP contribution >= 0.6 is 0 Å². The summed E-state index contributed by atoms with van der Waals surface area (Å²) in [7, 11) is 0. The Labute approximate surface area is 121 Å². The molecule has 4 nitrogen and oxygen atoms in total. The number of aromatic nitrogens is 3.